The number of Topliss-reactive ketones (excluding diaryl/α,β-unsaturated/α-hetero) is 1. The summed E-state index contributed by atoms with van der Waals surface area (Å²) < 4.78 is 1.72. The van der Waals surface area contributed by atoms with E-state index < -0.39 is 6.04 Å². The third kappa shape index (κ3) is 6.63. The van der Waals surface area contributed by atoms with Gasteiger partial charge in [-0.1, -0.05) is 18.9 Å². The van der Waals surface area contributed by atoms with Crippen LogP contribution in [0.1, 0.15) is 108 Å². The molecular weight excluding hydrogens is 711 g/mol. The summed E-state index contributed by atoms with van der Waals surface area (Å²) in [5.74, 6) is 0.980. The quantitative estimate of drug-likeness (QED) is 0.181. The Kier molecular flexibility index (Phi) is 9.39. The number of aromatic nitrogens is 4. The second-order valence-corrected chi connectivity index (χ2v) is 16.3. The SMILES string of the molecule is CC(=O)c1c(C)c2cnc(Nc3ccc(C4CCN(CC5CN(c6ccc7c(c6)CN(C6CCC(=O)NC6=O)C7=O)C5)CC4)cn3)nc2n(C2CCCC2)c1=O. The molecule has 14 nitrogen and oxygen atoms in total. The van der Waals surface area contributed by atoms with Gasteiger partial charge in [0.25, 0.3) is 11.5 Å². The molecule has 3 aromatic heterocycles. The third-order valence-electron chi connectivity index (χ3n) is 12.7. The van der Waals surface area contributed by atoms with Gasteiger partial charge < -0.3 is 20.0 Å². The summed E-state index contributed by atoms with van der Waals surface area (Å²) in [4.78, 5) is 83.7. The van der Waals surface area contributed by atoms with Crippen molar-refractivity contribution in [1.82, 2.24) is 34.6 Å². The monoisotopic (exact) mass is 757 g/mol. The molecule has 0 bridgehead atoms. The zero-order valence-electron chi connectivity index (χ0n) is 31.9. The smallest absolute Gasteiger partial charge is 0.263 e. The molecule has 4 fully saturated rings. The number of anilines is 3. The number of carbonyl (C=O) groups excluding carboxylic acids is 4. The molecule has 1 saturated carbocycles. The maximum atomic E-state index is 13.6. The van der Waals surface area contributed by atoms with E-state index in [4.69, 9.17) is 9.97 Å². The van der Waals surface area contributed by atoms with E-state index in [1.807, 2.05) is 24.4 Å². The Morgan fingerprint density at radius 1 is 0.946 bits per heavy atom. The number of fused-ring (bicyclic) bond motifs is 2. The third-order valence-corrected chi connectivity index (χ3v) is 12.7. The standard InChI is InChI=1S/C42H47N9O5/c1-24-33-19-44-42(47-38(33)51(30-5-3-4-6-30)41(56)37(24)25(2)52)45-35-11-7-28(18-43-35)27-13-15-48(16-14-27)20-26-21-49(22-26)31-8-9-32-29(17-31)23-50(40(32)55)34-10-12-36(53)46-39(34)54/h7-9,11,17-19,26-27,30,34H,3-6,10,12-16,20-23H2,1-2H3,(H,46,53,54)(H,43,44,45,47). The highest BCUT2D eigenvalue weighted by Gasteiger charge is 2.40. The summed E-state index contributed by atoms with van der Waals surface area (Å²) >= 11 is 0. The van der Waals surface area contributed by atoms with Crippen molar-refractivity contribution in [2.24, 2.45) is 5.92 Å². The second kappa shape index (κ2) is 14.5. The van der Waals surface area contributed by atoms with Gasteiger partial charge in [0.1, 0.15) is 17.5 Å². The fourth-order valence-corrected chi connectivity index (χ4v) is 9.61. The molecular formula is C42H47N9O5. The Morgan fingerprint density at radius 2 is 1.73 bits per heavy atom. The average molecular weight is 758 g/mol. The van der Waals surface area contributed by atoms with Crippen LogP contribution in [0.25, 0.3) is 11.0 Å². The minimum atomic E-state index is -0.600. The molecule has 1 atom stereocenters. The molecule has 3 amide bonds. The van der Waals surface area contributed by atoms with E-state index in [1.165, 1.54) is 12.5 Å². The normalized spacial score (nSPS) is 21.1. The highest BCUT2D eigenvalue weighted by atomic mass is 16.2. The molecule has 14 heteroatoms. The molecule has 0 spiro atoms. The Bertz CT molecular complexity index is 2300. The van der Waals surface area contributed by atoms with Crippen LogP contribution in [-0.4, -0.2) is 91.6 Å². The molecule has 9 rings (SSSR count). The molecule has 290 valence electrons. The first-order chi connectivity index (χ1) is 27.1. The number of nitrogens with zero attached hydrogens (tertiary/aromatic N) is 7. The van der Waals surface area contributed by atoms with Crippen molar-refractivity contribution < 1.29 is 19.2 Å². The van der Waals surface area contributed by atoms with Gasteiger partial charge in [0.05, 0.1) is 5.56 Å². The van der Waals surface area contributed by atoms with Crippen molar-refractivity contribution in [1.29, 1.82) is 0 Å². The van der Waals surface area contributed by atoms with Gasteiger partial charge in [0, 0.05) is 73.6 Å². The number of pyridine rings is 2. The van der Waals surface area contributed by atoms with Gasteiger partial charge >= 0.3 is 0 Å². The van der Waals surface area contributed by atoms with Crippen molar-refractivity contribution in [2.75, 3.05) is 42.9 Å². The zero-order chi connectivity index (χ0) is 38.7. The van der Waals surface area contributed by atoms with E-state index in [0.29, 0.717) is 53.3 Å². The predicted molar refractivity (Wildman–Crippen MR) is 210 cm³/mol. The lowest BCUT2D eigenvalue weighted by Crippen LogP contribution is -2.52. The van der Waals surface area contributed by atoms with Gasteiger partial charge in [-0.15, -0.1) is 0 Å². The number of likely N-dealkylation sites (tertiary alicyclic amines) is 1. The molecule has 4 aliphatic heterocycles. The highest BCUT2D eigenvalue weighted by molar-refractivity contribution is 6.05. The fraction of sp³-hybridized carbons (Fsp3) is 0.476. The van der Waals surface area contributed by atoms with E-state index in [-0.39, 0.29) is 47.1 Å². The van der Waals surface area contributed by atoms with Gasteiger partial charge in [-0.25, -0.2) is 9.97 Å². The molecule has 0 radical (unpaired) electrons. The molecule has 4 aromatic rings. The summed E-state index contributed by atoms with van der Waals surface area (Å²) in [6.45, 7) is 8.72. The minimum absolute atomic E-state index is 0.0196. The number of amides is 3. The maximum absolute atomic E-state index is 13.6. The Morgan fingerprint density at radius 3 is 2.45 bits per heavy atom. The van der Waals surface area contributed by atoms with E-state index >= 15 is 0 Å². The molecule has 1 aromatic carbocycles. The van der Waals surface area contributed by atoms with E-state index in [1.54, 1.807) is 22.6 Å². The molecule has 56 heavy (non-hydrogen) atoms. The Labute approximate surface area is 324 Å². The van der Waals surface area contributed by atoms with E-state index in [0.717, 1.165) is 87.9 Å². The van der Waals surface area contributed by atoms with Gasteiger partial charge in [0.15, 0.2) is 5.78 Å². The number of piperidine rings is 2. The van der Waals surface area contributed by atoms with Crippen LogP contribution in [0, 0.1) is 12.8 Å². The van der Waals surface area contributed by atoms with Crippen molar-refractivity contribution in [3.63, 3.8) is 0 Å². The van der Waals surface area contributed by atoms with E-state index in [2.05, 4.69) is 37.6 Å². The lowest BCUT2D eigenvalue weighted by molar-refractivity contribution is -0.136. The first-order valence-corrected chi connectivity index (χ1v) is 20.0. The molecule has 7 heterocycles. The number of nitrogens with one attached hydrogen (secondary N) is 2. The van der Waals surface area contributed by atoms with Crippen LogP contribution in [0.3, 0.4) is 0 Å². The summed E-state index contributed by atoms with van der Waals surface area (Å²) in [5.41, 5.74) is 5.05. The van der Waals surface area contributed by atoms with Crippen molar-refractivity contribution >= 4 is 52.0 Å². The number of hydrogen-bond donors (Lipinski definition) is 2. The number of benzene rings is 1. The van der Waals surface area contributed by atoms with Crippen LogP contribution in [0.4, 0.5) is 17.5 Å². The average Bonchev–Trinajstić information content (AvgIpc) is 3.81. The molecule has 5 aliphatic rings. The fourth-order valence-electron chi connectivity index (χ4n) is 9.61. The number of rotatable bonds is 9. The van der Waals surface area contributed by atoms with Gasteiger partial charge in [0.2, 0.25) is 17.8 Å². The first-order valence-electron chi connectivity index (χ1n) is 20.0. The number of carbonyl (C=O) groups is 4. The number of ketones is 1. The van der Waals surface area contributed by atoms with Gasteiger partial charge in [-0.3, -0.25) is 33.9 Å². The van der Waals surface area contributed by atoms with Gasteiger partial charge in [-0.05, 0) is 106 Å². The number of aryl methyl sites for hydroxylation is 1. The zero-order valence-corrected chi connectivity index (χ0v) is 31.9. The maximum Gasteiger partial charge on any atom is 0.263 e. The van der Waals surface area contributed by atoms with Crippen molar-refractivity contribution in [3.05, 3.63) is 80.9 Å². The largest absolute Gasteiger partial charge is 0.371 e. The predicted octanol–water partition coefficient (Wildman–Crippen LogP) is 4.63. The lowest BCUT2D eigenvalue weighted by atomic mass is 9.89. The molecule has 1 unspecified atom stereocenters. The Hall–Kier alpha value is -5.50. The topological polar surface area (TPSA) is 163 Å². The van der Waals surface area contributed by atoms with E-state index in [9.17, 15) is 24.0 Å². The minimum Gasteiger partial charge on any atom is -0.371 e. The summed E-state index contributed by atoms with van der Waals surface area (Å²) in [6, 6.07) is 9.50. The molecule has 2 N–H and O–H groups in total. The van der Waals surface area contributed by atoms with Crippen LogP contribution in [0.5, 0.6) is 0 Å². The molecule has 3 saturated heterocycles. The summed E-state index contributed by atoms with van der Waals surface area (Å²) in [5, 5.41) is 6.33. The van der Waals surface area contributed by atoms with Crippen LogP contribution in [-0.2, 0) is 16.1 Å². The first kappa shape index (κ1) is 36.2. The summed E-state index contributed by atoms with van der Waals surface area (Å²) in [6.07, 6.45) is 10.3. The van der Waals surface area contributed by atoms with Crippen molar-refractivity contribution in [3.8, 4) is 0 Å². The molecule has 1 aliphatic carbocycles. The van der Waals surface area contributed by atoms with Crippen LogP contribution in [0.2, 0.25) is 0 Å². The number of imide groups is 1. The highest BCUT2D eigenvalue weighted by Crippen LogP contribution is 2.35. The van der Waals surface area contributed by atoms with Crippen LogP contribution in [0.15, 0.2) is 47.5 Å². The van der Waals surface area contributed by atoms with Crippen LogP contribution >= 0.6 is 0 Å². The van der Waals surface area contributed by atoms with Crippen LogP contribution < -0.4 is 21.1 Å². The second-order valence-electron chi connectivity index (χ2n) is 16.3. The summed E-state index contributed by atoms with van der Waals surface area (Å²) in [7, 11) is 0. The van der Waals surface area contributed by atoms with Gasteiger partial charge in [-0.2, -0.15) is 4.98 Å². The Balaban J connectivity index is 0.776. The number of hydrogen-bond acceptors (Lipinski definition) is 11. The van der Waals surface area contributed by atoms with Crippen molar-refractivity contribution in [2.45, 2.75) is 89.8 Å². The lowest BCUT2D eigenvalue weighted by Gasteiger charge is -2.44.